The number of benzene rings is 1. The van der Waals surface area contributed by atoms with E-state index < -0.39 is 23.9 Å². The Bertz CT molecular complexity index is 789. The van der Waals surface area contributed by atoms with Gasteiger partial charge in [0, 0.05) is 12.6 Å². The lowest BCUT2D eigenvalue weighted by Gasteiger charge is -2.25. The van der Waals surface area contributed by atoms with Crippen LogP contribution in [0.4, 0.5) is 0 Å². The standard InChI is InChI=1S/C16H16N2O6S/c1-8(15(21)22)24-12-9(5-4-6-11(12)23-3)7-10-13(19)17-16(25)18(2)14(10)20/h4-8H,1-3H3,(H,21,22)(H,17,19,25)/b10-7+/t8-/m1/s1. The van der Waals surface area contributed by atoms with E-state index in [1.54, 1.807) is 18.2 Å². The lowest BCUT2D eigenvalue weighted by Crippen LogP contribution is -2.52. The summed E-state index contributed by atoms with van der Waals surface area (Å²) in [5.74, 6) is -2.00. The van der Waals surface area contributed by atoms with Crippen LogP contribution in [0.15, 0.2) is 23.8 Å². The average molecular weight is 364 g/mol. The molecule has 2 amide bonds. The van der Waals surface area contributed by atoms with Crippen LogP contribution in [-0.2, 0) is 14.4 Å². The normalized spacial score (nSPS) is 17.3. The van der Waals surface area contributed by atoms with Gasteiger partial charge in [-0.25, -0.2) is 4.79 Å². The molecule has 1 heterocycles. The Morgan fingerprint density at radius 1 is 1.40 bits per heavy atom. The number of thiocarbonyl (C=S) groups is 1. The minimum atomic E-state index is -1.17. The number of carboxylic acid groups (broad SMARTS) is 1. The highest BCUT2D eigenvalue weighted by Gasteiger charge is 2.31. The van der Waals surface area contributed by atoms with Crippen LogP contribution in [0.3, 0.4) is 0 Å². The summed E-state index contributed by atoms with van der Waals surface area (Å²) < 4.78 is 10.6. The first-order chi connectivity index (χ1) is 11.8. The maximum absolute atomic E-state index is 12.3. The lowest BCUT2D eigenvalue weighted by molar-refractivity contribution is -0.144. The molecule has 9 heteroatoms. The van der Waals surface area contributed by atoms with Crippen LogP contribution in [0.25, 0.3) is 6.08 Å². The SMILES string of the molecule is COc1cccc(/C=C2\C(=O)NC(=S)N(C)C2=O)c1O[C@H](C)C(=O)O. The van der Waals surface area contributed by atoms with Gasteiger partial charge in [-0.3, -0.25) is 19.8 Å². The molecule has 0 radical (unpaired) electrons. The first-order valence-electron chi connectivity index (χ1n) is 7.17. The van der Waals surface area contributed by atoms with E-state index in [0.717, 1.165) is 4.90 Å². The van der Waals surface area contributed by atoms with Gasteiger partial charge in [-0.2, -0.15) is 0 Å². The summed E-state index contributed by atoms with van der Waals surface area (Å²) in [6.07, 6.45) is 0.155. The summed E-state index contributed by atoms with van der Waals surface area (Å²) in [5, 5.41) is 11.5. The molecule has 1 fully saturated rings. The quantitative estimate of drug-likeness (QED) is 0.452. The highest BCUT2D eigenvalue weighted by atomic mass is 32.1. The summed E-state index contributed by atoms with van der Waals surface area (Å²) in [6.45, 7) is 1.36. The molecule has 8 nitrogen and oxygen atoms in total. The smallest absolute Gasteiger partial charge is 0.344 e. The molecule has 1 aliphatic rings. The van der Waals surface area contributed by atoms with Gasteiger partial charge in [0.15, 0.2) is 22.7 Å². The van der Waals surface area contributed by atoms with Crippen LogP contribution < -0.4 is 14.8 Å². The van der Waals surface area contributed by atoms with Gasteiger partial charge in [0.1, 0.15) is 5.57 Å². The first kappa shape index (κ1) is 18.4. The zero-order valence-corrected chi connectivity index (χ0v) is 14.5. The molecule has 25 heavy (non-hydrogen) atoms. The maximum Gasteiger partial charge on any atom is 0.344 e. The number of carboxylic acids is 1. The van der Waals surface area contributed by atoms with Crippen molar-refractivity contribution in [3.05, 3.63) is 29.3 Å². The second kappa shape index (κ2) is 7.31. The minimum absolute atomic E-state index is 0.00812. The number of hydrogen-bond acceptors (Lipinski definition) is 6. The zero-order valence-electron chi connectivity index (χ0n) is 13.7. The second-order valence-electron chi connectivity index (χ2n) is 5.16. The highest BCUT2D eigenvalue weighted by Crippen LogP contribution is 2.34. The Balaban J connectivity index is 2.51. The average Bonchev–Trinajstić information content (AvgIpc) is 2.57. The topological polar surface area (TPSA) is 105 Å². The number of aliphatic carboxylic acids is 1. The van der Waals surface area contributed by atoms with E-state index in [2.05, 4.69) is 5.32 Å². The van der Waals surface area contributed by atoms with E-state index in [4.69, 9.17) is 26.8 Å². The van der Waals surface area contributed by atoms with Crippen molar-refractivity contribution >= 4 is 41.2 Å². The third-order valence-electron chi connectivity index (χ3n) is 3.48. The number of hydrogen-bond donors (Lipinski definition) is 2. The fourth-order valence-electron chi connectivity index (χ4n) is 2.06. The molecule has 0 aromatic heterocycles. The second-order valence-corrected chi connectivity index (χ2v) is 5.55. The Hall–Kier alpha value is -2.94. The van der Waals surface area contributed by atoms with Crippen molar-refractivity contribution in [3.8, 4) is 11.5 Å². The van der Waals surface area contributed by atoms with Crippen molar-refractivity contribution in [3.63, 3.8) is 0 Å². The van der Waals surface area contributed by atoms with Gasteiger partial charge in [0.25, 0.3) is 11.8 Å². The summed E-state index contributed by atoms with van der Waals surface area (Å²) in [4.78, 5) is 36.6. The molecule has 0 aliphatic carbocycles. The third kappa shape index (κ3) is 3.77. The largest absolute Gasteiger partial charge is 0.493 e. The van der Waals surface area contributed by atoms with E-state index in [1.807, 2.05) is 0 Å². The van der Waals surface area contributed by atoms with Gasteiger partial charge in [0.2, 0.25) is 0 Å². The molecule has 1 atom stereocenters. The predicted octanol–water partition coefficient (Wildman–Crippen LogP) is 0.804. The number of likely N-dealkylation sites (N-methyl/N-ethyl adjacent to an activating group) is 1. The number of carbonyl (C=O) groups is 3. The molecule has 2 rings (SSSR count). The molecule has 0 saturated carbocycles. The molecule has 0 bridgehead atoms. The van der Waals surface area contributed by atoms with Gasteiger partial charge < -0.3 is 14.6 Å². The monoisotopic (exact) mass is 364 g/mol. The van der Waals surface area contributed by atoms with Gasteiger partial charge in [0.05, 0.1) is 7.11 Å². The summed E-state index contributed by atoms with van der Waals surface area (Å²) >= 11 is 4.89. The van der Waals surface area contributed by atoms with Crippen molar-refractivity contribution < 1.29 is 29.0 Å². The van der Waals surface area contributed by atoms with Crippen LogP contribution in [-0.4, -0.2) is 53.2 Å². The highest BCUT2D eigenvalue weighted by molar-refractivity contribution is 7.80. The Labute approximate surface area is 149 Å². The number of amides is 2. The number of carbonyl (C=O) groups excluding carboxylic acids is 2. The van der Waals surface area contributed by atoms with E-state index >= 15 is 0 Å². The Kier molecular flexibility index (Phi) is 5.38. The molecule has 0 spiro atoms. The summed E-state index contributed by atoms with van der Waals surface area (Å²) in [5.41, 5.74) is 0.171. The van der Waals surface area contributed by atoms with Crippen molar-refractivity contribution in [2.75, 3.05) is 14.2 Å². The van der Waals surface area contributed by atoms with Crippen molar-refractivity contribution in [1.82, 2.24) is 10.2 Å². The van der Waals surface area contributed by atoms with Crippen LogP contribution in [0.1, 0.15) is 12.5 Å². The molecule has 1 aliphatic heterocycles. The Morgan fingerprint density at radius 3 is 2.68 bits per heavy atom. The number of nitrogens with zero attached hydrogens (tertiary/aromatic N) is 1. The molecule has 2 N–H and O–H groups in total. The minimum Gasteiger partial charge on any atom is -0.493 e. The van der Waals surface area contributed by atoms with Crippen LogP contribution in [0.2, 0.25) is 0 Å². The lowest BCUT2D eigenvalue weighted by atomic mass is 10.1. The molecule has 0 unspecified atom stereocenters. The van der Waals surface area contributed by atoms with E-state index in [1.165, 1.54) is 27.2 Å². The van der Waals surface area contributed by atoms with Crippen molar-refractivity contribution in [2.24, 2.45) is 0 Å². The maximum atomic E-state index is 12.3. The summed E-state index contributed by atoms with van der Waals surface area (Å²) in [7, 11) is 2.84. The number of nitrogens with one attached hydrogen (secondary N) is 1. The number of ether oxygens (including phenoxy) is 2. The fraction of sp³-hybridized carbons (Fsp3) is 0.250. The first-order valence-corrected chi connectivity index (χ1v) is 7.58. The molecule has 132 valence electrons. The van der Waals surface area contributed by atoms with Gasteiger partial charge >= 0.3 is 5.97 Å². The van der Waals surface area contributed by atoms with Crippen LogP contribution in [0, 0.1) is 0 Å². The van der Waals surface area contributed by atoms with Gasteiger partial charge in [-0.15, -0.1) is 0 Å². The van der Waals surface area contributed by atoms with E-state index in [9.17, 15) is 14.4 Å². The van der Waals surface area contributed by atoms with Crippen LogP contribution >= 0.6 is 12.2 Å². The Morgan fingerprint density at radius 2 is 2.08 bits per heavy atom. The molecular weight excluding hydrogens is 348 g/mol. The third-order valence-corrected chi connectivity index (χ3v) is 3.85. The summed E-state index contributed by atoms with van der Waals surface area (Å²) in [6, 6.07) is 4.78. The predicted molar refractivity (Wildman–Crippen MR) is 92.2 cm³/mol. The van der Waals surface area contributed by atoms with Gasteiger partial charge in [-0.05, 0) is 31.3 Å². The molecule has 1 saturated heterocycles. The van der Waals surface area contributed by atoms with Crippen molar-refractivity contribution in [2.45, 2.75) is 13.0 Å². The van der Waals surface area contributed by atoms with Crippen LogP contribution in [0.5, 0.6) is 11.5 Å². The van der Waals surface area contributed by atoms with Gasteiger partial charge in [-0.1, -0.05) is 12.1 Å². The zero-order chi connectivity index (χ0) is 18.7. The number of rotatable bonds is 5. The number of para-hydroxylation sites is 1. The molecule has 1 aromatic carbocycles. The van der Waals surface area contributed by atoms with E-state index in [0.29, 0.717) is 5.56 Å². The molecule has 1 aromatic rings. The van der Waals surface area contributed by atoms with Crippen molar-refractivity contribution in [1.29, 1.82) is 0 Å². The fourth-order valence-corrected chi connectivity index (χ4v) is 2.24. The number of methoxy groups -OCH3 is 1. The van der Waals surface area contributed by atoms with E-state index in [-0.39, 0.29) is 22.2 Å². The molecular formula is C16H16N2O6S.